The number of nitrogens with zero attached hydrogens (tertiary/aromatic N) is 1. The summed E-state index contributed by atoms with van der Waals surface area (Å²) in [4.78, 5) is 28.8. The summed E-state index contributed by atoms with van der Waals surface area (Å²) in [6, 6.07) is 21.7. The maximum atomic E-state index is 13.3. The van der Waals surface area contributed by atoms with E-state index >= 15 is 0 Å². The third kappa shape index (κ3) is 3.79. The Morgan fingerprint density at radius 2 is 1.53 bits per heavy atom. The van der Waals surface area contributed by atoms with Gasteiger partial charge in [-0.1, -0.05) is 42.1 Å². The van der Waals surface area contributed by atoms with Crippen molar-refractivity contribution in [1.29, 1.82) is 0 Å². The van der Waals surface area contributed by atoms with Gasteiger partial charge in [0.2, 0.25) is 0 Å². The van der Waals surface area contributed by atoms with Gasteiger partial charge in [0.1, 0.15) is 22.2 Å². The van der Waals surface area contributed by atoms with Crippen LogP contribution in [0.1, 0.15) is 0 Å². The lowest BCUT2D eigenvalue weighted by molar-refractivity contribution is -0.120. The molecule has 0 radical (unpaired) electrons. The summed E-state index contributed by atoms with van der Waals surface area (Å²) in [5.41, 5.74) is 0.990. The normalized spacial score (nSPS) is 13.7. The zero-order valence-corrected chi connectivity index (χ0v) is 16.8. The second-order valence-electron chi connectivity index (χ2n) is 6.37. The molecule has 0 aromatic heterocycles. The van der Waals surface area contributed by atoms with E-state index < -0.39 is 17.6 Å². The minimum Gasteiger partial charge on any atom is -0.495 e. The standard InChI is InChI=1S/C23H17FN2O3S/c1-29-19-10-6-5-9-18(19)26-22(27)20(25-16-13-11-15(24)12-14-16)21(23(26)28)30-17-7-3-2-4-8-17/h2-14,25H,1H3. The molecule has 3 aromatic carbocycles. The SMILES string of the molecule is COc1ccccc1N1C(=O)C(Nc2ccc(F)cc2)=C(Sc2ccccc2)C1=O. The molecular formula is C23H17FN2O3S. The molecule has 3 aromatic rings. The van der Waals surface area contributed by atoms with Gasteiger partial charge in [-0.3, -0.25) is 9.59 Å². The largest absolute Gasteiger partial charge is 0.495 e. The Balaban J connectivity index is 1.76. The minimum atomic E-state index is -0.507. The highest BCUT2D eigenvalue weighted by Gasteiger charge is 2.41. The monoisotopic (exact) mass is 420 g/mol. The van der Waals surface area contributed by atoms with Crippen LogP contribution in [0.5, 0.6) is 5.75 Å². The number of hydrogen-bond acceptors (Lipinski definition) is 5. The Hall–Kier alpha value is -3.58. The van der Waals surface area contributed by atoms with Gasteiger partial charge >= 0.3 is 0 Å². The number of halogens is 1. The van der Waals surface area contributed by atoms with Gasteiger partial charge in [-0.05, 0) is 48.5 Å². The molecule has 4 rings (SSSR count). The third-order valence-corrected chi connectivity index (χ3v) is 5.53. The summed E-state index contributed by atoms with van der Waals surface area (Å²) in [7, 11) is 1.48. The van der Waals surface area contributed by atoms with Crippen LogP contribution in [0.3, 0.4) is 0 Å². The van der Waals surface area contributed by atoms with Crippen molar-refractivity contribution in [1.82, 2.24) is 0 Å². The van der Waals surface area contributed by atoms with Crippen molar-refractivity contribution in [2.45, 2.75) is 4.90 Å². The Kier molecular flexibility index (Phi) is 5.54. The van der Waals surface area contributed by atoms with Crippen molar-refractivity contribution in [2.24, 2.45) is 0 Å². The van der Waals surface area contributed by atoms with E-state index in [2.05, 4.69) is 5.32 Å². The molecule has 0 atom stereocenters. The van der Waals surface area contributed by atoms with Gasteiger partial charge in [0.15, 0.2) is 0 Å². The van der Waals surface area contributed by atoms with E-state index in [0.717, 1.165) is 9.80 Å². The minimum absolute atomic E-state index is 0.131. The maximum absolute atomic E-state index is 13.3. The molecule has 0 saturated heterocycles. The van der Waals surface area contributed by atoms with E-state index in [1.807, 2.05) is 30.3 Å². The van der Waals surface area contributed by atoms with Gasteiger partial charge in [0.25, 0.3) is 11.8 Å². The number of nitrogens with one attached hydrogen (secondary N) is 1. The summed E-state index contributed by atoms with van der Waals surface area (Å²) in [5, 5.41) is 3.00. The number of ether oxygens (including phenoxy) is 1. The molecule has 0 unspecified atom stereocenters. The van der Waals surface area contributed by atoms with Crippen LogP contribution in [0.4, 0.5) is 15.8 Å². The Morgan fingerprint density at radius 3 is 2.23 bits per heavy atom. The number of methoxy groups -OCH3 is 1. The first kappa shape index (κ1) is 19.7. The summed E-state index contributed by atoms with van der Waals surface area (Å²) in [6.45, 7) is 0. The zero-order chi connectivity index (χ0) is 21.1. The third-order valence-electron chi connectivity index (χ3n) is 4.44. The first-order chi connectivity index (χ1) is 14.6. The van der Waals surface area contributed by atoms with E-state index in [1.165, 1.54) is 43.1 Å². The van der Waals surface area contributed by atoms with Gasteiger partial charge in [0.05, 0.1) is 12.8 Å². The first-order valence-electron chi connectivity index (χ1n) is 9.10. The molecule has 0 aliphatic carbocycles. The van der Waals surface area contributed by atoms with Crippen molar-refractivity contribution in [3.05, 3.63) is 95.3 Å². The van der Waals surface area contributed by atoms with Crippen molar-refractivity contribution >= 4 is 35.0 Å². The van der Waals surface area contributed by atoms with Crippen LogP contribution >= 0.6 is 11.8 Å². The number of para-hydroxylation sites is 2. The van der Waals surface area contributed by atoms with Crippen molar-refractivity contribution in [3.63, 3.8) is 0 Å². The van der Waals surface area contributed by atoms with Gasteiger partial charge in [0, 0.05) is 10.6 Å². The lowest BCUT2D eigenvalue weighted by Gasteiger charge is -2.18. The predicted molar refractivity (Wildman–Crippen MR) is 115 cm³/mol. The maximum Gasteiger partial charge on any atom is 0.283 e. The van der Waals surface area contributed by atoms with Gasteiger partial charge in [-0.15, -0.1) is 0 Å². The number of carbonyl (C=O) groups excluding carboxylic acids is 2. The Labute approximate surface area is 177 Å². The zero-order valence-electron chi connectivity index (χ0n) is 16.0. The van der Waals surface area contributed by atoms with E-state index in [9.17, 15) is 14.0 Å². The van der Waals surface area contributed by atoms with Crippen LogP contribution in [0.2, 0.25) is 0 Å². The highest BCUT2D eigenvalue weighted by Crippen LogP contribution is 2.40. The number of imide groups is 1. The predicted octanol–water partition coefficient (Wildman–Crippen LogP) is 4.82. The lowest BCUT2D eigenvalue weighted by atomic mass is 10.2. The smallest absolute Gasteiger partial charge is 0.283 e. The topological polar surface area (TPSA) is 58.6 Å². The number of carbonyl (C=O) groups is 2. The molecule has 1 aliphatic rings. The fraction of sp³-hybridized carbons (Fsp3) is 0.0435. The van der Waals surface area contributed by atoms with Crippen molar-refractivity contribution in [2.75, 3.05) is 17.3 Å². The van der Waals surface area contributed by atoms with Crippen LogP contribution in [0.25, 0.3) is 0 Å². The van der Waals surface area contributed by atoms with E-state index in [0.29, 0.717) is 17.1 Å². The number of hydrogen-bond donors (Lipinski definition) is 1. The highest BCUT2D eigenvalue weighted by molar-refractivity contribution is 8.04. The highest BCUT2D eigenvalue weighted by atomic mass is 32.2. The number of rotatable bonds is 6. The fourth-order valence-corrected chi connectivity index (χ4v) is 3.98. The van der Waals surface area contributed by atoms with Crippen LogP contribution in [0, 0.1) is 5.82 Å². The van der Waals surface area contributed by atoms with Crippen LogP contribution in [-0.4, -0.2) is 18.9 Å². The molecule has 7 heteroatoms. The van der Waals surface area contributed by atoms with Gasteiger partial charge < -0.3 is 10.1 Å². The molecule has 0 saturated carbocycles. The van der Waals surface area contributed by atoms with Crippen molar-refractivity contribution in [3.8, 4) is 5.75 Å². The molecule has 1 heterocycles. The Bertz CT molecular complexity index is 1130. The molecule has 30 heavy (non-hydrogen) atoms. The summed E-state index contributed by atoms with van der Waals surface area (Å²) >= 11 is 1.20. The van der Waals surface area contributed by atoms with Crippen LogP contribution in [-0.2, 0) is 9.59 Å². The number of amides is 2. The van der Waals surface area contributed by atoms with Crippen LogP contribution in [0.15, 0.2) is 94.4 Å². The van der Waals surface area contributed by atoms with Crippen molar-refractivity contribution < 1.29 is 18.7 Å². The molecule has 5 nitrogen and oxygen atoms in total. The second-order valence-corrected chi connectivity index (χ2v) is 7.45. The molecule has 0 spiro atoms. The Morgan fingerprint density at radius 1 is 0.867 bits per heavy atom. The number of thioether (sulfide) groups is 1. The van der Waals surface area contributed by atoms with E-state index in [-0.39, 0.29) is 10.6 Å². The first-order valence-corrected chi connectivity index (χ1v) is 9.91. The second kappa shape index (κ2) is 8.42. The van der Waals surface area contributed by atoms with Gasteiger partial charge in [-0.25, -0.2) is 9.29 Å². The summed E-state index contributed by atoms with van der Waals surface area (Å²) in [5.74, 6) is -0.945. The average Bonchev–Trinajstić information content (AvgIpc) is 3.00. The van der Waals surface area contributed by atoms with E-state index in [1.54, 1.807) is 24.3 Å². The molecular weight excluding hydrogens is 403 g/mol. The quantitative estimate of drug-likeness (QED) is 0.579. The molecule has 1 N–H and O–H groups in total. The molecule has 0 fully saturated rings. The molecule has 2 amide bonds. The van der Waals surface area contributed by atoms with E-state index in [4.69, 9.17) is 4.74 Å². The fourth-order valence-electron chi connectivity index (χ4n) is 3.03. The average molecular weight is 420 g/mol. The van der Waals surface area contributed by atoms with Gasteiger partial charge in [-0.2, -0.15) is 0 Å². The molecule has 1 aliphatic heterocycles. The summed E-state index contributed by atoms with van der Waals surface area (Å²) in [6.07, 6.45) is 0. The number of benzene rings is 3. The number of anilines is 2. The van der Waals surface area contributed by atoms with Crippen LogP contribution < -0.4 is 15.0 Å². The molecule has 0 bridgehead atoms. The summed E-state index contributed by atoms with van der Waals surface area (Å²) < 4.78 is 18.6. The lowest BCUT2D eigenvalue weighted by Crippen LogP contribution is -2.32. The molecule has 150 valence electrons.